The number of piperazine rings is 1. The molecule has 8 heterocycles. The Balaban J connectivity index is 1.21. The number of rotatable bonds is 10. The summed E-state index contributed by atoms with van der Waals surface area (Å²) in [6.07, 6.45) is 7.03. The van der Waals surface area contributed by atoms with E-state index in [-0.39, 0.29) is 80.4 Å². The molecule has 274 valence electrons. The van der Waals surface area contributed by atoms with Gasteiger partial charge in [-0.05, 0) is 56.2 Å². The second kappa shape index (κ2) is 13.3. The first kappa shape index (κ1) is 34.0. The highest BCUT2D eigenvalue weighted by Gasteiger charge is 2.50. The van der Waals surface area contributed by atoms with Crippen molar-refractivity contribution in [2.75, 3.05) is 70.8 Å². The van der Waals surface area contributed by atoms with Gasteiger partial charge in [0.25, 0.3) is 0 Å². The van der Waals surface area contributed by atoms with Gasteiger partial charge in [0.05, 0.1) is 52.4 Å². The van der Waals surface area contributed by atoms with Crippen molar-refractivity contribution in [2.24, 2.45) is 0 Å². The SMILES string of the molecule is COCCCN1CC2CCC(C1)N2c1nc(OCC23CCCN2C[C@H](OC)C3)nc2c(F)c(-c3ncc(F)c4sc(N)c(C#N)c34)c3c(c12)COC3. The molecule has 5 aliphatic rings. The lowest BCUT2D eigenvalue weighted by Crippen LogP contribution is -2.54. The highest BCUT2D eigenvalue weighted by Crippen LogP contribution is 2.48. The van der Waals surface area contributed by atoms with Crippen molar-refractivity contribution in [3.63, 3.8) is 0 Å². The molecular formula is C37H42F2N8O4S. The predicted octanol–water partition coefficient (Wildman–Crippen LogP) is 4.99. The van der Waals surface area contributed by atoms with Crippen molar-refractivity contribution in [2.45, 2.75) is 75.5 Å². The first-order valence-electron chi connectivity index (χ1n) is 18.1. The minimum absolute atomic E-state index is 0.0767. The lowest BCUT2D eigenvalue weighted by molar-refractivity contribution is 0.0997. The van der Waals surface area contributed by atoms with Gasteiger partial charge < -0.3 is 29.6 Å². The number of likely N-dealkylation sites (tertiary alicyclic amines) is 1. The topological polar surface area (TPSA) is 135 Å². The number of nitriles is 1. The zero-order chi connectivity index (χ0) is 35.7. The van der Waals surface area contributed by atoms with Crippen LogP contribution in [0.5, 0.6) is 6.01 Å². The van der Waals surface area contributed by atoms with E-state index in [2.05, 4.69) is 25.8 Å². The molecule has 52 heavy (non-hydrogen) atoms. The molecular weight excluding hydrogens is 691 g/mol. The minimum Gasteiger partial charge on any atom is -0.461 e. The predicted molar refractivity (Wildman–Crippen MR) is 192 cm³/mol. The summed E-state index contributed by atoms with van der Waals surface area (Å²) in [5.74, 6) is -0.590. The van der Waals surface area contributed by atoms with Gasteiger partial charge in [-0.15, -0.1) is 11.3 Å². The Hall–Kier alpha value is -3.78. The lowest BCUT2D eigenvalue weighted by atomic mass is 9.93. The average Bonchev–Trinajstić information content (AvgIpc) is 3.96. The van der Waals surface area contributed by atoms with Crippen molar-refractivity contribution in [3.8, 4) is 23.3 Å². The molecule has 4 atom stereocenters. The number of nitrogen functional groups attached to an aromatic ring is 1. The normalized spacial score (nSPS) is 25.8. The number of hydrogen-bond donors (Lipinski definition) is 1. The molecule has 1 aromatic carbocycles. The van der Waals surface area contributed by atoms with E-state index in [9.17, 15) is 5.26 Å². The number of methoxy groups -OCH3 is 2. The number of pyridine rings is 1. The molecule has 4 fully saturated rings. The van der Waals surface area contributed by atoms with Crippen LogP contribution in [0.1, 0.15) is 55.2 Å². The number of thiophene rings is 1. The third-order valence-electron chi connectivity index (χ3n) is 12.0. The van der Waals surface area contributed by atoms with Crippen molar-refractivity contribution in [1.29, 1.82) is 5.26 Å². The van der Waals surface area contributed by atoms with E-state index in [1.807, 2.05) is 0 Å². The fourth-order valence-electron chi connectivity index (χ4n) is 9.65. The smallest absolute Gasteiger partial charge is 0.319 e. The number of fused-ring (bicyclic) bond motifs is 7. The maximum atomic E-state index is 17.6. The molecule has 3 aromatic heterocycles. The van der Waals surface area contributed by atoms with Crippen molar-refractivity contribution < 1.29 is 27.7 Å². The minimum atomic E-state index is -0.631. The van der Waals surface area contributed by atoms with Crippen LogP contribution in [-0.4, -0.2) is 109 Å². The summed E-state index contributed by atoms with van der Waals surface area (Å²) in [4.78, 5) is 21.7. The molecule has 0 amide bonds. The van der Waals surface area contributed by atoms with Crippen LogP contribution in [0, 0.1) is 23.0 Å². The molecule has 15 heteroatoms. The number of benzene rings is 1. The molecule has 12 nitrogen and oxygen atoms in total. The largest absolute Gasteiger partial charge is 0.461 e. The first-order valence-corrected chi connectivity index (χ1v) is 19.0. The number of nitrogens with zero attached hydrogens (tertiary/aromatic N) is 7. The van der Waals surface area contributed by atoms with Crippen molar-refractivity contribution in [3.05, 3.63) is 34.5 Å². The maximum absolute atomic E-state index is 17.6. The quantitative estimate of drug-likeness (QED) is 0.220. The monoisotopic (exact) mass is 732 g/mol. The van der Waals surface area contributed by atoms with Gasteiger partial charge in [-0.2, -0.15) is 15.2 Å². The molecule has 3 unspecified atom stereocenters. The third kappa shape index (κ3) is 5.33. The van der Waals surface area contributed by atoms with Gasteiger partial charge in [0.1, 0.15) is 29.0 Å². The molecule has 9 rings (SSSR count). The standard InChI is InChI=1S/C37H42F2N8O4S/c1-48-10-4-8-45-14-20-5-6-21(15-45)47(20)35-29-25-18-50-17-24(25)27(31-28-23(12-40)34(41)52-33(28)26(38)13-42-31)30(39)32(29)43-36(44-35)51-19-37-7-3-9-46(37)16-22(11-37)49-2/h13,20-22H,3-11,14-19,41H2,1-2H3/t20?,21?,22-,37?/m1/s1. The summed E-state index contributed by atoms with van der Waals surface area (Å²) >= 11 is 0.957. The number of hydrogen-bond acceptors (Lipinski definition) is 13. The van der Waals surface area contributed by atoms with Crippen molar-refractivity contribution >= 4 is 43.1 Å². The fourth-order valence-corrected chi connectivity index (χ4v) is 10.6. The Morgan fingerprint density at radius 2 is 1.92 bits per heavy atom. The Bertz CT molecular complexity index is 2100. The number of ether oxygens (including phenoxy) is 4. The molecule has 0 radical (unpaired) electrons. The van der Waals surface area contributed by atoms with Crippen molar-refractivity contribution in [1.82, 2.24) is 24.8 Å². The van der Waals surface area contributed by atoms with Crippen LogP contribution in [0.3, 0.4) is 0 Å². The van der Waals surface area contributed by atoms with Gasteiger partial charge in [0.15, 0.2) is 11.6 Å². The van der Waals surface area contributed by atoms with Crippen LogP contribution < -0.4 is 15.4 Å². The second-order valence-electron chi connectivity index (χ2n) is 14.8. The molecule has 5 aliphatic heterocycles. The first-order chi connectivity index (χ1) is 25.3. The molecule has 0 aliphatic carbocycles. The maximum Gasteiger partial charge on any atom is 0.319 e. The van der Waals surface area contributed by atoms with Gasteiger partial charge >= 0.3 is 6.01 Å². The van der Waals surface area contributed by atoms with Crippen LogP contribution in [0.15, 0.2) is 6.20 Å². The summed E-state index contributed by atoms with van der Waals surface area (Å²) < 4.78 is 56.5. The van der Waals surface area contributed by atoms with Gasteiger partial charge in [0, 0.05) is 70.0 Å². The molecule has 2 bridgehead atoms. The van der Waals surface area contributed by atoms with Crippen LogP contribution in [-0.2, 0) is 27.4 Å². The van der Waals surface area contributed by atoms with Gasteiger partial charge in [0.2, 0.25) is 0 Å². The van der Waals surface area contributed by atoms with Crippen LogP contribution in [0.2, 0.25) is 0 Å². The number of nitrogens with two attached hydrogens (primary N) is 1. The number of anilines is 2. The van der Waals surface area contributed by atoms with E-state index >= 15 is 8.78 Å². The van der Waals surface area contributed by atoms with Crippen LogP contribution in [0.25, 0.3) is 32.2 Å². The van der Waals surface area contributed by atoms with E-state index in [0.29, 0.717) is 30.0 Å². The number of aromatic nitrogens is 3. The Morgan fingerprint density at radius 3 is 2.69 bits per heavy atom. The van der Waals surface area contributed by atoms with Crippen LogP contribution >= 0.6 is 11.3 Å². The average molecular weight is 733 g/mol. The molecule has 4 aromatic rings. The fraction of sp³-hybridized carbons (Fsp3) is 0.568. The summed E-state index contributed by atoms with van der Waals surface area (Å²) in [6, 6.07) is 2.57. The summed E-state index contributed by atoms with van der Waals surface area (Å²) in [5, 5.41) is 11.0. The van der Waals surface area contributed by atoms with Gasteiger partial charge in [-0.3, -0.25) is 14.8 Å². The molecule has 0 spiro atoms. The van der Waals surface area contributed by atoms with E-state index in [1.54, 1.807) is 14.2 Å². The third-order valence-corrected chi connectivity index (χ3v) is 13.0. The molecule has 4 saturated heterocycles. The zero-order valence-electron chi connectivity index (χ0n) is 29.4. The highest BCUT2D eigenvalue weighted by molar-refractivity contribution is 7.23. The number of halogens is 2. The summed E-state index contributed by atoms with van der Waals surface area (Å²) in [5.41, 5.74) is 7.81. The second-order valence-corrected chi connectivity index (χ2v) is 15.9. The molecule has 0 saturated carbocycles. The van der Waals surface area contributed by atoms with E-state index < -0.39 is 11.6 Å². The summed E-state index contributed by atoms with van der Waals surface area (Å²) in [7, 11) is 3.48. The van der Waals surface area contributed by atoms with E-state index in [0.717, 1.165) is 94.3 Å². The Morgan fingerprint density at radius 1 is 1.12 bits per heavy atom. The molecule has 2 N–H and O–H groups in total. The zero-order valence-corrected chi connectivity index (χ0v) is 30.2. The Labute approximate surface area is 304 Å². The van der Waals surface area contributed by atoms with Gasteiger partial charge in [-0.25, -0.2) is 8.78 Å². The van der Waals surface area contributed by atoms with E-state index in [1.165, 1.54) is 0 Å². The Kier molecular flexibility index (Phi) is 8.67. The van der Waals surface area contributed by atoms with Gasteiger partial charge in [-0.1, -0.05) is 0 Å². The summed E-state index contributed by atoms with van der Waals surface area (Å²) in [6.45, 7) is 5.93. The highest BCUT2D eigenvalue weighted by atomic mass is 32.1. The van der Waals surface area contributed by atoms with Crippen LogP contribution in [0.4, 0.5) is 19.6 Å². The lowest BCUT2D eigenvalue weighted by Gasteiger charge is -2.42. The van der Waals surface area contributed by atoms with E-state index in [4.69, 9.17) is 34.6 Å².